The lowest BCUT2D eigenvalue weighted by Crippen LogP contribution is -2.20. The van der Waals surface area contributed by atoms with Crippen LogP contribution in [0.5, 0.6) is 0 Å². The number of aromatic nitrogens is 2. The summed E-state index contributed by atoms with van der Waals surface area (Å²) in [5.74, 6) is 0. The highest BCUT2D eigenvalue weighted by atomic mass is 32.2. The summed E-state index contributed by atoms with van der Waals surface area (Å²) in [7, 11) is -3.52. The van der Waals surface area contributed by atoms with Crippen molar-refractivity contribution in [3.63, 3.8) is 0 Å². The summed E-state index contributed by atoms with van der Waals surface area (Å²) >= 11 is 0. The maximum atomic E-state index is 12.1. The summed E-state index contributed by atoms with van der Waals surface area (Å²) in [4.78, 5) is 8.37. The van der Waals surface area contributed by atoms with Crippen molar-refractivity contribution in [1.29, 1.82) is 0 Å². The number of sulfonamides is 1. The first-order chi connectivity index (χ1) is 12.1. The highest BCUT2D eigenvalue weighted by Gasteiger charge is 2.06. The third-order valence-corrected chi connectivity index (χ3v) is 4.54. The SMILES string of the molecule is O=S(=O)(/C=C/c1ccccc1)NCc1ccnc(-c2cccnc2)c1. The van der Waals surface area contributed by atoms with Gasteiger partial charge < -0.3 is 0 Å². The highest BCUT2D eigenvalue weighted by molar-refractivity contribution is 7.92. The molecule has 126 valence electrons. The van der Waals surface area contributed by atoms with Crippen molar-refractivity contribution in [2.24, 2.45) is 0 Å². The zero-order valence-electron chi connectivity index (χ0n) is 13.4. The van der Waals surface area contributed by atoms with Gasteiger partial charge in [0.2, 0.25) is 10.0 Å². The number of pyridine rings is 2. The molecule has 0 saturated carbocycles. The summed E-state index contributed by atoms with van der Waals surface area (Å²) in [5, 5.41) is 1.17. The first kappa shape index (κ1) is 17.0. The minimum atomic E-state index is -3.52. The van der Waals surface area contributed by atoms with Crippen LogP contribution >= 0.6 is 0 Å². The van der Waals surface area contributed by atoms with Crippen LogP contribution in [-0.4, -0.2) is 18.4 Å². The van der Waals surface area contributed by atoms with Gasteiger partial charge in [0.1, 0.15) is 0 Å². The lowest BCUT2D eigenvalue weighted by Gasteiger charge is -2.05. The molecule has 0 atom stereocenters. The average Bonchev–Trinajstić information content (AvgIpc) is 2.67. The van der Waals surface area contributed by atoms with E-state index >= 15 is 0 Å². The Morgan fingerprint density at radius 3 is 2.60 bits per heavy atom. The Bertz CT molecular complexity index is 956. The second kappa shape index (κ2) is 7.83. The van der Waals surface area contributed by atoms with Gasteiger partial charge in [0.05, 0.1) is 5.69 Å². The van der Waals surface area contributed by atoms with Crippen molar-refractivity contribution >= 4 is 16.1 Å². The van der Waals surface area contributed by atoms with Crippen molar-refractivity contribution in [3.05, 3.63) is 89.7 Å². The van der Waals surface area contributed by atoms with Crippen LogP contribution in [0.15, 0.2) is 78.6 Å². The van der Waals surface area contributed by atoms with Crippen LogP contribution in [0.2, 0.25) is 0 Å². The summed E-state index contributed by atoms with van der Waals surface area (Å²) in [5.41, 5.74) is 3.29. The standard InChI is InChI=1S/C19H17N3O2S/c23-25(24,12-9-16-5-2-1-3-6-16)22-14-17-8-11-21-19(13-17)18-7-4-10-20-15-18/h1-13,15,22H,14H2/b12-9+. The maximum Gasteiger partial charge on any atom is 0.234 e. The summed E-state index contributed by atoms with van der Waals surface area (Å²) in [6, 6.07) is 16.7. The highest BCUT2D eigenvalue weighted by Crippen LogP contribution is 2.16. The zero-order chi connectivity index (χ0) is 17.5. The van der Waals surface area contributed by atoms with E-state index in [-0.39, 0.29) is 6.54 Å². The molecule has 0 spiro atoms. The largest absolute Gasteiger partial charge is 0.264 e. The molecule has 0 aliphatic rings. The predicted octanol–water partition coefficient (Wildman–Crippen LogP) is 3.23. The minimum absolute atomic E-state index is 0.192. The van der Waals surface area contributed by atoms with Crippen molar-refractivity contribution in [2.75, 3.05) is 0 Å². The van der Waals surface area contributed by atoms with Gasteiger partial charge in [-0.2, -0.15) is 0 Å². The van der Waals surface area contributed by atoms with Crippen molar-refractivity contribution in [3.8, 4) is 11.3 Å². The van der Waals surface area contributed by atoms with Crippen LogP contribution in [0.25, 0.3) is 17.3 Å². The van der Waals surface area contributed by atoms with Gasteiger partial charge in [-0.3, -0.25) is 9.97 Å². The van der Waals surface area contributed by atoms with E-state index in [1.54, 1.807) is 30.7 Å². The molecule has 0 saturated heterocycles. The van der Waals surface area contributed by atoms with Gasteiger partial charge in [-0.15, -0.1) is 0 Å². The third-order valence-electron chi connectivity index (χ3n) is 3.50. The molecule has 0 bridgehead atoms. The van der Waals surface area contributed by atoms with Crippen LogP contribution in [0, 0.1) is 0 Å². The van der Waals surface area contributed by atoms with Crippen LogP contribution in [0.4, 0.5) is 0 Å². The minimum Gasteiger partial charge on any atom is -0.264 e. The molecule has 3 rings (SSSR count). The Morgan fingerprint density at radius 1 is 1.00 bits per heavy atom. The Kier molecular flexibility index (Phi) is 5.33. The van der Waals surface area contributed by atoms with Crippen LogP contribution < -0.4 is 4.72 Å². The van der Waals surface area contributed by atoms with Gasteiger partial charge in [-0.05, 0) is 41.5 Å². The maximum absolute atomic E-state index is 12.1. The number of rotatable bonds is 6. The molecular formula is C19H17N3O2S. The number of nitrogens with zero attached hydrogens (tertiary/aromatic N) is 2. The molecule has 0 aliphatic heterocycles. The zero-order valence-corrected chi connectivity index (χ0v) is 14.2. The molecule has 6 heteroatoms. The van der Waals surface area contributed by atoms with Gasteiger partial charge in [-0.1, -0.05) is 30.3 Å². The molecule has 0 radical (unpaired) electrons. The van der Waals surface area contributed by atoms with Crippen molar-refractivity contribution in [2.45, 2.75) is 6.54 Å². The van der Waals surface area contributed by atoms with E-state index in [4.69, 9.17) is 0 Å². The average molecular weight is 351 g/mol. The molecule has 1 aromatic carbocycles. The molecule has 0 unspecified atom stereocenters. The van der Waals surface area contributed by atoms with E-state index in [0.717, 1.165) is 22.4 Å². The normalized spacial score (nSPS) is 11.7. The molecule has 1 N–H and O–H groups in total. The lowest BCUT2D eigenvalue weighted by atomic mass is 10.1. The Labute approximate surface area is 147 Å². The molecule has 25 heavy (non-hydrogen) atoms. The van der Waals surface area contributed by atoms with Crippen LogP contribution in [-0.2, 0) is 16.6 Å². The quantitative estimate of drug-likeness (QED) is 0.740. The third kappa shape index (κ3) is 5.07. The van der Waals surface area contributed by atoms with Gasteiger partial charge >= 0.3 is 0 Å². The Hall–Kier alpha value is -2.83. The van der Waals surface area contributed by atoms with E-state index in [0.29, 0.717) is 0 Å². The van der Waals surface area contributed by atoms with Gasteiger partial charge in [-0.25, -0.2) is 13.1 Å². The Morgan fingerprint density at radius 2 is 1.84 bits per heavy atom. The molecule has 2 heterocycles. The van der Waals surface area contributed by atoms with Gasteiger partial charge in [0.15, 0.2) is 0 Å². The predicted molar refractivity (Wildman–Crippen MR) is 98.7 cm³/mol. The topological polar surface area (TPSA) is 72.0 Å². The second-order valence-electron chi connectivity index (χ2n) is 5.37. The first-order valence-corrected chi connectivity index (χ1v) is 9.25. The van der Waals surface area contributed by atoms with E-state index in [9.17, 15) is 8.42 Å². The Balaban J connectivity index is 1.68. The smallest absolute Gasteiger partial charge is 0.234 e. The van der Waals surface area contributed by atoms with E-state index < -0.39 is 10.0 Å². The summed E-state index contributed by atoms with van der Waals surface area (Å²) in [6.07, 6.45) is 6.64. The number of hydrogen-bond acceptors (Lipinski definition) is 4. The monoisotopic (exact) mass is 351 g/mol. The fourth-order valence-corrected chi connectivity index (χ4v) is 3.02. The second-order valence-corrected chi connectivity index (χ2v) is 7.02. The van der Waals surface area contributed by atoms with E-state index in [2.05, 4.69) is 14.7 Å². The lowest BCUT2D eigenvalue weighted by molar-refractivity contribution is 0.591. The fraction of sp³-hybridized carbons (Fsp3) is 0.0526. The first-order valence-electron chi connectivity index (χ1n) is 7.70. The molecule has 2 aromatic heterocycles. The van der Waals surface area contributed by atoms with Crippen LogP contribution in [0.3, 0.4) is 0 Å². The van der Waals surface area contributed by atoms with E-state index in [1.165, 1.54) is 5.41 Å². The number of nitrogens with one attached hydrogen (secondary N) is 1. The molecule has 0 fully saturated rings. The van der Waals surface area contributed by atoms with Gasteiger partial charge in [0, 0.05) is 36.1 Å². The number of benzene rings is 1. The summed E-state index contributed by atoms with van der Waals surface area (Å²) in [6.45, 7) is 0.192. The van der Waals surface area contributed by atoms with Gasteiger partial charge in [0.25, 0.3) is 0 Å². The molecule has 0 amide bonds. The number of hydrogen-bond donors (Lipinski definition) is 1. The molecule has 5 nitrogen and oxygen atoms in total. The molecular weight excluding hydrogens is 334 g/mol. The molecule has 3 aromatic rings. The van der Waals surface area contributed by atoms with E-state index in [1.807, 2.05) is 48.5 Å². The summed E-state index contributed by atoms with van der Waals surface area (Å²) < 4.78 is 26.8. The van der Waals surface area contributed by atoms with Crippen molar-refractivity contribution in [1.82, 2.24) is 14.7 Å². The van der Waals surface area contributed by atoms with Crippen LogP contribution in [0.1, 0.15) is 11.1 Å². The fourth-order valence-electron chi connectivity index (χ4n) is 2.22. The molecule has 0 aliphatic carbocycles. The van der Waals surface area contributed by atoms with Crippen molar-refractivity contribution < 1.29 is 8.42 Å².